The van der Waals surface area contributed by atoms with Gasteiger partial charge in [0.15, 0.2) is 6.10 Å². The topological polar surface area (TPSA) is 76.2 Å². The van der Waals surface area contributed by atoms with Crippen molar-refractivity contribution in [1.82, 2.24) is 4.90 Å². The van der Waals surface area contributed by atoms with Crippen LogP contribution in [0.2, 0.25) is 0 Å². The number of nitrogens with zero attached hydrogens (tertiary/aromatic N) is 2. The SMILES string of the molecule is Cc1ccc2c(c1)N(S(C)(=O)=O)CCC(C(=O)N1CCOCC1)O2. The largest absolute Gasteiger partial charge is 0.478 e. The summed E-state index contributed by atoms with van der Waals surface area (Å²) in [5, 5.41) is 0. The number of anilines is 1. The van der Waals surface area contributed by atoms with Crippen molar-refractivity contribution in [3.63, 3.8) is 0 Å². The monoisotopic (exact) mass is 354 g/mol. The van der Waals surface area contributed by atoms with Crippen molar-refractivity contribution in [3.05, 3.63) is 23.8 Å². The molecular formula is C16H22N2O5S. The smallest absolute Gasteiger partial charge is 0.263 e. The van der Waals surface area contributed by atoms with Crippen LogP contribution in [0.4, 0.5) is 5.69 Å². The molecule has 8 heteroatoms. The summed E-state index contributed by atoms with van der Waals surface area (Å²) >= 11 is 0. The lowest BCUT2D eigenvalue weighted by Crippen LogP contribution is -2.47. The van der Waals surface area contributed by atoms with Crippen molar-refractivity contribution in [1.29, 1.82) is 0 Å². The number of hydrogen-bond donors (Lipinski definition) is 0. The van der Waals surface area contributed by atoms with E-state index >= 15 is 0 Å². The molecule has 1 aromatic carbocycles. The second kappa shape index (κ2) is 6.60. The maximum absolute atomic E-state index is 12.7. The fraction of sp³-hybridized carbons (Fsp3) is 0.562. The van der Waals surface area contributed by atoms with Crippen LogP contribution < -0.4 is 9.04 Å². The molecule has 0 spiro atoms. The number of hydrogen-bond acceptors (Lipinski definition) is 5. The van der Waals surface area contributed by atoms with Gasteiger partial charge in [-0.2, -0.15) is 0 Å². The number of amides is 1. The number of carbonyl (C=O) groups is 1. The maximum Gasteiger partial charge on any atom is 0.263 e. The van der Waals surface area contributed by atoms with Crippen LogP contribution in [-0.4, -0.2) is 64.4 Å². The van der Waals surface area contributed by atoms with Crippen LogP contribution in [-0.2, 0) is 19.6 Å². The first-order valence-electron chi connectivity index (χ1n) is 7.98. The lowest BCUT2D eigenvalue weighted by Gasteiger charge is -2.30. The standard InChI is InChI=1S/C16H22N2O5S/c1-12-3-4-14-13(11-12)18(24(2,20)21)6-5-15(23-14)16(19)17-7-9-22-10-8-17/h3-4,11,15H,5-10H2,1-2H3. The fourth-order valence-electron chi connectivity index (χ4n) is 2.99. The van der Waals surface area contributed by atoms with E-state index in [1.54, 1.807) is 17.0 Å². The molecule has 0 aromatic heterocycles. The highest BCUT2D eigenvalue weighted by Gasteiger charge is 2.33. The molecule has 3 rings (SSSR count). The minimum Gasteiger partial charge on any atom is -0.478 e. The van der Waals surface area contributed by atoms with E-state index in [0.717, 1.165) is 5.56 Å². The summed E-state index contributed by atoms with van der Waals surface area (Å²) in [6, 6.07) is 5.35. The van der Waals surface area contributed by atoms with Crippen molar-refractivity contribution in [3.8, 4) is 5.75 Å². The molecule has 2 heterocycles. The molecule has 0 aliphatic carbocycles. The van der Waals surface area contributed by atoms with Crippen molar-refractivity contribution in [2.24, 2.45) is 0 Å². The van der Waals surface area contributed by atoms with Crippen LogP contribution in [0.3, 0.4) is 0 Å². The molecule has 1 saturated heterocycles. The third-order valence-corrected chi connectivity index (χ3v) is 5.43. The van der Waals surface area contributed by atoms with Crippen LogP contribution in [0, 0.1) is 6.92 Å². The fourth-order valence-corrected chi connectivity index (χ4v) is 3.93. The summed E-state index contributed by atoms with van der Waals surface area (Å²) in [6.45, 7) is 4.22. The van der Waals surface area contributed by atoms with Crippen LogP contribution in [0.5, 0.6) is 5.75 Å². The molecule has 0 N–H and O–H groups in total. The van der Waals surface area contributed by atoms with Gasteiger partial charge in [0.25, 0.3) is 5.91 Å². The molecule has 0 saturated carbocycles. The molecule has 0 bridgehead atoms. The first-order chi connectivity index (χ1) is 11.4. The molecule has 2 aliphatic heterocycles. The minimum atomic E-state index is -3.44. The van der Waals surface area contributed by atoms with E-state index in [2.05, 4.69) is 0 Å². The molecule has 7 nitrogen and oxygen atoms in total. The Morgan fingerprint density at radius 1 is 1.21 bits per heavy atom. The zero-order valence-electron chi connectivity index (χ0n) is 13.9. The van der Waals surface area contributed by atoms with Gasteiger partial charge < -0.3 is 14.4 Å². The van der Waals surface area contributed by atoms with Gasteiger partial charge >= 0.3 is 0 Å². The Kier molecular flexibility index (Phi) is 4.69. The highest BCUT2D eigenvalue weighted by molar-refractivity contribution is 7.92. The molecule has 1 unspecified atom stereocenters. The van der Waals surface area contributed by atoms with Gasteiger partial charge in [0.05, 0.1) is 25.2 Å². The van der Waals surface area contributed by atoms with E-state index in [1.807, 2.05) is 13.0 Å². The summed E-state index contributed by atoms with van der Waals surface area (Å²) < 4.78 is 36.8. The van der Waals surface area contributed by atoms with Crippen molar-refractivity contribution >= 4 is 21.6 Å². The van der Waals surface area contributed by atoms with E-state index in [4.69, 9.17) is 9.47 Å². The van der Waals surface area contributed by atoms with Gasteiger partial charge in [0.1, 0.15) is 5.75 Å². The predicted octanol–water partition coefficient (Wildman–Crippen LogP) is 0.771. The summed E-state index contributed by atoms with van der Waals surface area (Å²) in [5.74, 6) is 0.315. The van der Waals surface area contributed by atoms with Crippen LogP contribution in [0.1, 0.15) is 12.0 Å². The molecule has 132 valence electrons. The number of fused-ring (bicyclic) bond motifs is 1. The Morgan fingerprint density at radius 3 is 2.58 bits per heavy atom. The molecule has 24 heavy (non-hydrogen) atoms. The molecule has 1 fully saturated rings. The van der Waals surface area contributed by atoms with Crippen molar-refractivity contribution in [2.45, 2.75) is 19.4 Å². The van der Waals surface area contributed by atoms with Crippen LogP contribution in [0.15, 0.2) is 18.2 Å². The van der Waals surface area contributed by atoms with Crippen molar-refractivity contribution < 1.29 is 22.7 Å². The zero-order valence-corrected chi connectivity index (χ0v) is 14.7. The third kappa shape index (κ3) is 3.49. The summed E-state index contributed by atoms with van der Waals surface area (Å²) in [5.41, 5.74) is 1.43. The number of aryl methyl sites for hydroxylation is 1. The molecule has 2 aliphatic rings. The lowest BCUT2D eigenvalue weighted by molar-refractivity contribution is -0.142. The van der Waals surface area contributed by atoms with E-state index in [9.17, 15) is 13.2 Å². The van der Waals surface area contributed by atoms with E-state index in [0.29, 0.717) is 44.2 Å². The van der Waals surface area contributed by atoms with Gasteiger partial charge in [0.2, 0.25) is 10.0 Å². The van der Waals surface area contributed by atoms with Gasteiger partial charge in [-0.05, 0) is 24.6 Å². The van der Waals surface area contributed by atoms with Crippen LogP contribution in [0.25, 0.3) is 0 Å². The molecule has 1 atom stereocenters. The lowest BCUT2D eigenvalue weighted by atomic mass is 10.2. The molecule has 0 radical (unpaired) electrons. The Morgan fingerprint density at radius 2 is 1.92 bits per heavy atom. The quantitative estimate of drug-likeness (QED) is 0.784. The average molecular weight is 354 g/mol. The van der Waals surface area contributed by atoms with Crippen molar-refractivity contribution in [2.75, 3.05) is 43.4 Å². The minimum absolute atomic E-state index is 0.111. The number of carbonyl (C=O) groups excluding carboxylic acids is 1. The summed E-state index contributed by atoms with van der Waals surface area (Å²) in [7, 11) is -3.44. The summed E-state index contributed by atoms with van der Waals surface area (Å²) in [4.78, 5) is 14.4. The van der Waals surface area contributed by atoms with Gasteiger partial charge in [-0.1, -0.05) is 6.07 Å². The van der Waals surface area contributed by atoms with Gasteiger partial charge in [-0.3, -0.25) is 9.10 Å². The average Bonchev–Trinajstić information content (AvgIpc) is 2.74. The van der Waals surface area contributed by atoms with Gasteiger partial charge in [-0.25, -0.2) is 8.42 Å². The Bertz CT molecular complexity index is 728. The zero-order chi connectivity index (χ0) is 17.3. The van der Waals surface area contributed by atoms with Gasteiger partial charge in [0, 0.05) is 26.1 Å². The number of rotatable bonds is 2. The van der Waals surface area contributed by atoms with Gasteiger partial charge in [-0.15, -0.1) is 0 Å². The second-order valence-corrected chi connectivity index (χ2v) is 8.05. The van der Waals surface area contributed by atoms with E-state index < -0.39 is 16.1 Å². The predicted molar refractivity (Wildman–Crippen MR) is 89.8 cm³/mol. The maximum atomic E-state index is 12.7. The summed E-state index contributed by atoms with van der Waals surface area (Å²) in [6.07, 6.45) is 0.802. The molecule has 1 aromatic rings. The van der Waals surface area contributed by atoms with E-state index in [1.165, 1.54) is 10.6 Å². The van der Waals surface area contributed by atoms with Crippen LogP contribution >= 0.6 is 0 Å². The Hall–Kier alpha value is -1.80. The Balaban J connectivity index is 1.90. The highest BCUT2D eigenvalue weighted by Crippen LogP contribution is 2.35. The number of sulfonamides is 1. The number of benzene rings is 1. The number of ether oxygens (including phenoxy) is 2. The third-order valence-electron chi connectivity index (χ3n) is 4.25. The highest BCUT2D eigenvalue weighted by atomic mass is 32.2. The first-order valence-corrected chi connectivity index (χ1v) is 9.82. The number of morpholine rings is 1. The normalized spacial score (nSPS) is 21.7. The molecular weight excluding hydrogens is 332 g/mol. The first kappa shape index (κ1) is 17.0. The second-order valence-electron chi connectivity index (χ2n) is 6.14. The van der Waals surface area contributed by atoms with E-state index in [-0.39, 0.29) is 12.5 Å². The Labute approximate surface area is 142 Å². The molecule has 1 amide bonds.